The quantitative estimate of drug-likeness (QED) is 0.764. The van der Waals surface area contributed by atoms with Gasteiger partial charge in [-0.2, -0.15) is 0 Å². The lowest BCUT2D eigenvalue weighted by Crippen LogP contribution is -2.37. The van der Waals surface area contributed by atoms with Gasteiger partial charge in [-0.25, -0.2) is 4.98 Å². The van der Waals surface area contributed by atoms with Crippen LogP contribution in [0.2, 0.25) is 0 Å². The van der Waals surface area contributed by atoms with Crippen LogP contribution in [0.3, 0.4) is 0 Å². The third-order valence-electron chi connectivity index (χ3n) is 3.59. The van der Waals surface area contributed by atoms with Crippen molar-refractivity contribution in [2.45, 2.75) is 65.5 Å². The standard InChI is InChI=1S/C13H25N3/c1-5-10-16-11-9-14-12(16)15-13(6-2,7-3)8-4/h9,11H,5-8,10H2,1-4H3,(H,14,15). The molecule has 0 bridgehead atoms. The molecule has 0 fully saturated rings. The molecule has 16 heavy (non-hydrogen) atoms. The smallest absolute Gasteiger partial charge is 0.203 e. The number of nitrogens with one attached hydrogen (secondary N) is 1. The van der Waals surface area contributed by atoms with Crippen molar-refractivity contribution in [2.24, 2.45) is 0 Å². The molecule has 0 saturated heterocycles. The SMILES string of the molecule is CCCn1ccnc1NC(CC)(CC)CC. The van der Waals surface area contributed by atoms with Crippen LogP contribution in [0.1, 0.15) is 53.4 Å². The van der Waals surface area contributed by atoms with Crippen molar-refractivity contribution in [3.8, 4) is 0 Å². The Balaban J connectivity index is 2.80. The highest BCUT2D eigenvalue weighted by Gasteiger charge is 2.24. The highest BCUT2D eigenvalue weighted by Crippen LogP contribution is 2.24. The summed E-state index contributed by atoms with van der Waals surface area (Å²) in [7, 11) is 0. The van der Waals surface area contributed by atoms with Gasteiger partial charge in [0.2, 0.25) is 5.95 Å². The summed E-state index contributed by atoms with van der Waals surface area (Å²) in [6, 6.07) is 0. The largest absolute Gasteiger partial charge is 0.350 e. The van der Waals surface area contributed by atoms with E-state index in [0.29, 0.717) is 0 Å². The molecular weight excluding hydrogens is 198 g/mol. The molecule has 0 saturated carbocycles. The van der Waals surface area contributed by atoms with E-state index in [2.05, 4.69) is 48.8 Å². The van der Waals surface area contributed by atoms with E-state index in [-0.39, 0.29) is 5.54 Å². The van der Waals surface area contributed by atoms with Gasteiger partial charge in [0.05, 0.1) is 0 Å². The first-order valence-electron chi connectivity index (χ1n) is 6.50. The van der Waals surface area contributed by atoms with Crippen LogP contribution in [-0.2, 0) is 6.54 Å². The number of nitrogens with zero attached hydrogens (tertiary/aromatic N) is 2. The van der Waals surface area contributed by atoms with Gasteiger partial charge in [-0.3, -0.25) is 0 Å². The van der Waals surface area contributed by atoms with Crippen molar-refractivity contribution in [1.82, 2.24) is 9.55 Å². The van der Waals surface area contributed by atoms with Gasteiger partial charge < -0.3 is 9.88 Å². The second-order valence-electron chi connectivity index (χ2n) is 4.41. The number of imidazole rings is 1. The maximum Gasteiger partial charge on any atom is 0.203 e. The van der Waals surface area contributed by atoms with Crippen LogP contribution >= 0.6 is 0 Å². The maximum absolute atomic E-state index is 4.42. The van der Waals surface area contributed by atoms with Crippen molar-refractivity contribution < 1.29 is 0 Å². The first kappa shape index (κ1) is 13.1. The summed E-state index contributed by atoms with van der Waals surface area (Å²) in [6.07, 6.45) is 8.49. The normalized spacial score (nSPS) is 11.8. The van der Waals surface area contributed by atoms with E-state index in [4.69, 9.17) is 0 Å². The summed E-state index contributed by atoms with van der Waals surface area (Å²) in [5.41, 5.74) is 0.205. The van der Waals surface area contributed by atoms with Crippen LogP contribution in [0.25, 0.3) is 0 Å². The fourth-order valence-electron chi connectivity index (χ4n) is 2.11. The van der Waals surface area contributed by atoms with Crippen molar-refractivity contribution in [2.75, 3.05) is 5.32 Å². The molecule has 0 unspecified atom stereocenters. The molecule has 0 spiro atoms. The molecule has 1 N–H and O–H groups in total. The zero-order valence-corrected chi connectivity index (χ0v) is 11.1. The fraction of sp³-hybridized carbons (Fsp3) is 0.769. The molecule has 1 heterocycles. The van der Waals surface area contributed by atoms with Gasteiger partial charge in [-0.1, -0.05) is 27.7 Å². The molecule has 0 aromatic carbocycles. The molecule has 0 atom stereocenters. The van der Waals surface area contributed by atoms with Crippen molar-refractivity contribution in [1.29, 1.82) is 0 Å². The Hall–Kier alpha value is -0.990. The van der Waals surface area contributed by atoms with Crippen molar-refractivity contribution >= 4 is 5.95 Å². The van der Waals surface area contributed by atoms with Gasteiger partial charge in [0, 0.05) is 24.5 Å². The lowest BCUT2D eigenvalue weighted by atomic mass is 9.90. The van der Waals surface area contributed by atoms with Crippen LogP contribution in [0.15, 0.2) is 12.4 Å². The van der Waals surface area contributed by atoms with E-state index in [1.165, 1.54) is 0 Å². The second-order valence-corrected chi connectivity index (χ2v) is 4.41. The first-order valence-corrected chi connectivity index (χ1v) is 6.50. The summed E-state index contributed by atoms with van der Waals surface area (Å²) in [5.74, 6) is 1.02. The zero-order chi connectivity index (χ0) is 12.0. The maximum atomic E-state index is 4.42. The molecule has 1 rings (SSSR count). The molecule has 3 nitrogen and oxygen atoms in total. The minimum Gasteiger partial charge on any atom is -0.350 e. The highest BCUT2D eigenvalue weighted by atomic mass is 15.2. The van der Waals surface area contributed by atoms with E-state index in [9.17, 15) is 0 Å². The highest BCUT2D eigenvalue weighted by molar-refractivity contribution is 5.30. The predicted molar refractivity (Wildman–Crippen MR) is 69.7 cm³/mol. The van der Waals surface area contributed by atoms with E-state index in [0.717, 1.165) is 38.2 Å². The van der Waals surface area contributed by atoms with Crippen LogP contribution in [0, 0.1) is 0 Å². The van der Waals surface area contributed by atoms with Gasteiger partial charge in [0.15, 0.2) is 0 Å². The number of aromatic nitrogens is 2. The fourth-order valence-corrected chi connectivity index (χ4v) is 2.11. The molecule has 0 amide bonds. The second kappa shape index (κ2) is 5.92. The Kier molecular flexibility index (Phi) is 4.84. The summed E-state index contributed by atoms with van der Waals surface area (Å²) in [4.78, 5) is 4.42. The predicted octanol–water partition coefficient (Wildman–Crippen LogP) is 3.67. The van der Waals surface area contributed by atoms with Crippen LogP contribution in [0.5, 0.6) is 0 Å². The van der Waals surface area contributed by atoms with Crippen LogP contribution in [0.4, 0.5) is 5.95 Å². The summed E-state index contributed by atoms with van der Waals surface area (Å²) >= 11 is 0. The van der Waals surface area contributed by atoms with Crippen molar-refractivity contribution in [3.05, 3.63) is 12.4 Å². The van der Waals surface area contributed by atoms with Gasteiger partial charge in [0.1, 0.15) is 0 Å². The monoisotopic (exact) mass is 223 g/mol. The number of anilines is 1. The molecule has 92 valence electrons. The van der Waals surface area contributed by atoms with Crippen LogP contribution < -0.4 is 5.32 Å². The summed E-state index contributed by atoms with van der Waals surface area (Å²) in [6.45, 7) is 9.96. The average Bonchev–Trinajstić information content (AvgIpc) is 2.74. The summed E-state index contributed by atoms with van der Waals surface area (Å²) < 4.78 is 2.20. The molecule has 0 aliphatic carbocycles. The van der Waals surface area contributed by atoms with Crippen LogP contribution in [-0.4, -0.2) is 15.1 Å². The lowest BCUT2D eigenvalue weighted by molar-refractivity contribution is 0.414. The Morgan fingerprint density at radius 1 is 1.19 bits per heavy atom. The average molecular weight is 223 g/mol. The molecule has 1 aromatic heterocycles. The first-order chi connectivity index (χ1) is 7.71. The third-order valence-corrected chi connectivity index (χ3v) is 3.59. The minimum atomic E-state index is 0.205. The molecule has 0 radical (unpaired) electrons. The van der Waals surface area contributed by atoms with Gasteiger partial charge in [0.25, 0.3) is 0 Å². The number of hydrogen-bond donors (Lipinski definition) is 1. The Morgan fingerprint density at radius 3 is 2.31 bits per heavy atom. The zero-order valence-electron chi connectivity index (χ0n) is 11.1. The number of hydrogen-bond acceptors (Lipinski definition) is 2. The molecule has 0 aliphatic rings. The van der Waals surface area contributed by atoms with Gasteiger partial charge >= 0.3 is 0 Å². The number of rotatable bonds is 7. The molecular formula is C13H25N3. The summed E-state index contributed by atoms with van der Waals surface area (Å²) in [5, 5.41) is 3.63. The Bertz CT molecular complexity index is 292. The minimum absolute atomic E-state index is 0.205. The molecule has 3 heteroatoms. The van der Waals surface area contributed by atoms with E-state index >= 15 is 0 Å². The Morgan fingerprint density at radius 2 is 1.81 bits per heavy atom. The van der Waals surface area contributed by atoms with E-state index in [1.54, 1.807) is 0 Å². The molecule has 0 aliphatic heterocycles. The molecule has 1 aromatic rings. The van der Waals surface area contributed by atoms with Crippen molar-refractivity contribution in [3.63, 3.8) is 0 Å². The lowest BCUT2D eigenvalue weighted by Gasteiger charge is -2.32. The number of aryl methyl sites for hydroxylation is 1. The third kappa shape index (κ3) is 2.77. The van der Waals surface area contributed by atoms with E-state index < -0.39 is 0 Å². The topological polar surface area (TPSA) is 29.9 Å². The van der Waals surface area contributed by atoms with E-state index in [1.807, 2.05) is 6.20 Å². The van der Waals surface area contributed by atoms with Gasteiger partial charge in [-0.05, 0) is 25.7 Å². The van der Waals surface area contributed by atoms with Gasteiger partial charge in [-0.15, -0.1) is 0 Å². The Labute approximate surface area is 99.3 Å².